The van der Waals surface area contributed by atoms with Gasteiger partial charge in [-0.15, -0.1) is 0 Å². The summed E-state index contributed by atoms with van der Waals surface area (Å²) in [6.45, 7) is 3.10. The smallest absolute Gasteiger partial charge is 0.374 e. The molecule has 0 saturated carbocycles. The number of anilines is 2. The lowest BCUT2D eigenvalue weighted by molar-refractivity contribution is -0.137. The van der Waals surface area contributed by atoms with Crippen molar-refractivity contribution in [1.29, 1.82) is 0 Å². The zero-order chi connectivity index (χ0) is 23.6. The Kier molecular flexibility index (Phi) is 6.60. The second-order valence-electron chi connectivity index (χ2n) is 8.56. The highest BCUT2D eigenvalue weighted by Gasteiger charge is 2.30. The van der Waals surface area contributed by atoms with Crippen LogP contribution in [0.4, 0.5) is 24.5 Å². The van der Waals surface area contributed by atoms with Gasteiger partial charge in [0.25, 0.3) is 0 Å². The van der Waals surface area contributed by atoms with Gasteiger partial charge in [-0.1, -0.05) is 12.1 Å². The molecule has 2 heterocycles. The number of amides is 2. The third kappa shape index (κ3) is 5.30. The molecule has 33 heavy (non-hydrogen) atoms. The Balaban J connectivity index is 1.40. The number of alkyl halides is 3. The Morgan fingerprint density at radius 3 is 2.36 bits per heavy atom. The van der Waals surface area contributed by atoms with Crippen molar-refractivity contribution in [3.05, 3.63) is 59.2 Å². The fraction of sp³-hybridized carbons (Fsp3) is 0.417. The molecular formula is C24H27F3N4O2. The van der Waals surface area contributed by atoms with Crippen molar-refractivity contribution in [2.24, 2.45) is 0 Å². The summed E-state index contributed by atoms with van der Waals surface area (Å²) >= 11 is 0. The molecule has 1 saturated heterocycles. The quantitative estimate of drug-likeness (QED) is 0.670. The van der Waals surface area contributed by atoms with Crippen LogP contribution in [-0.4, -0.2) is 49.9 Å². The van der Waals surface area contributed by atoms with Crippen LogP contribution in [0.1, 0.15) is 35.6 Å². The number of rotatable bonds is 5. The van der Waals surface area contributed by atoms with Gasteiger partial charge in [-0.2, -0.15) is 13.2 Å². The molecule has 2 aromatic carbocycles. The molecule has 2 aliphatic heterocycles. The number of carbonyl (C=O) groups is 2. The molecule has 6 nitrogen and oxygen atoms in total. The van der Waals surface area contributed by atoms with Gasteiger partial charge in [0.05, 0.1) is 11.6 Å². The molecule has 0 bridgehead atoms. The van der Waals surface area contributed by atoms with E-state index in [1.807, 2.05) is 0 Å². The molecule has 2 amide bonds. The predicted octanol–water partition coefficient (Wildman–Crippen LogP) is 3.59. The first-order valence-electron chi connectivity index (χ1n) is 11.1. The van der Waals surface area contributed by atoms with Crippen molar-refractivity contribution in [2.45, 2.75) is 31.5 Å². The van der Waals surface area contributed by atoms with E-state index in [1.165, 1.54) is 11.3 Å². The molecule has 0 aliphatic carbocycles. The maximum absolute atomic E-state index is 12.7. The molecule has 1 atom stereocenters. The van der Waals surface area contributed by atoms with Gasteiger partial charge in [0.1, 0.15) is 0 Å². The van der Waals surface area contributed by atoms with E-state index in [4.69, 9.17) is 0 Å². The predicted molar refractivity (Wildman–Crippen MR) is 120 cm³/mol. The average molecular weight is 461 g/mol. The fourth-order valence-corrected chi connectivity index (χ4v) is 4.51. The van der Waals surface area contributed by atoms with E-state index in [0.717, 1.165) is 68.7 Å². The summed E-state index contributed by atoms with van der Waals surface area (Å²) in [5.41, 5.74) is 2.92. The fourth-order valence-electron chi connectivity index (χ4n) is 4.51. The van der Waals surface area contributed by atoms with Crippen LogP contribution in [0.2, 0.25) is 0 Å². The molecule has 1 unspecified atom stereocenters. The first kappa shape index (κ1) is 23.1. The monoisotopic (exact) mass is 460 g/mol. The summed E-state index contributed by atoms with van der Waals surface area (Å²) in [4.78, 5) is 29.2. The summed E-state index contributed by atoms with van der Waals surface area (Å²) in [6, 6.07) is 10.3. The van der Waals surface area contributed by atoms with E-state index in [1.54, 1.807) is 0 Å². The maximum Gasteiger partial charge on any atom is 0.416 e. The number of fused-ring (bicyclic) bond motifs is 1. The van der Waals surface area contributed by atoms with E-state index < -0.39 is 23.6 Å². The molecule has 1 fully saturated rings. The van der Waals surface area contributed by atoms with Gasteiger partial charge in [-0.25, -0.2) is 0 Å². The zero-order valence-corrected chi connectivity index (χ0v) is 18.4. The first-order valence-corrected chi connectivity index (χ1v) is 11.1. The van der Waals surface area contributed by atoms with Crippen LogP contribution in [0.15, 0.2) is 42.5 Å². The van der Waals surface area contributed by atoms with Crippen molar-refractivity contribution < 1.29 is 22.8 Å². The number of nitrogens with one attached hydrogen (secondary N) is 2. The van der Waals surface area contributed by atoms with Crippen LogP contribution in [0.3, 0.4) is 0 Å². The van der Waals surface area contributed by atoms with E-state index in [2.05, 4.69) is 45.7 Å². The van der Waals surface area contributed by atoms with Crippen LogP contribution in [0, 0.1) is 0 Å². The summed E-state index contributed by atoms with van der Waals surface area (Å²) in [7, 11) is 2.07. The van der Waals surface area contributed by atoms with Crippen LogP contribution < -0.4 is 15.5 Å². The Labute approximate surface area is 190 Å². The summed E-state index contributed by atoms with van der Waals surface area (Å²) < 4.78 is 38.1. The molecule has 0 spiro atoms. The van der Waals surface area contributed by atoms with Gasteiger partial charge in [-0.05, 0) is 73.8 Å². The van der Waals surface area contributed by atoms with Crippen LogP contribution in [-0.2, 0) is 22.2 Å². The SMILES string of the molecule is CN1CCc2cc(C(CNC(=O)C(=O)Nc3ccc(C(F)(F)F)cc3)N3CCCC3)ccc21. The third-order valence-corrected chi connectivity index (χ3v) is 6.33. The average Bonchev–Trinajstić information content (AvgIpc) is 3.44. The maximum atomic E-state index is 12.7. The Morgan fingerprint density at radius 1 is 1.00 bits per heavy atom. The second kappa shape index (κ2) is 9.43. The number of nitrogens with zero attached hydrogens (tertiary/aromatic N) is 2. The number of carbonyl (C=O) groups excluding carboxylic acids is 2. The first-order chi connectivity index (χ1) is 15.7. The molecule has 2 aliphatic rings. The van der Waals surface area contributed by atoms with Gasteiger partial charge in [-0.3, -0.25) is 14.5 Å². The van der Waals surface area contributed by atoms with Crippen LogP contribution in [0.25, 0.3) is 0 Å². The Morgan fingerprint density at radius 2 is 1.70 bits per heavy atom. The van der Waals surface area contributed by atoms with Crippen molar-refractivity contribution in [3.8, 4) is 0 Å². The summed E-state index contributed by atoms with van der Waals surface area (Å²) in [6.07, 6.45) is -1.30. The normalized spacial score (nSPS) is 17.0. The minimum absolute atomic E-state index is 0.0495. The lowest BCUT2D eigenvalue weighted by atomic mass is 10.0. The zero-order valence-electron chi connectivity index (χ0n) is 18.4. The topological polar surface area (TPSA) is 64.7 Å². The van der Waals surface area contributed by atoms with Crippen LogP contribution in [0.5, 0.6) is 0 Å². The van der Waals surface area contributed by atoms with E-state index in [9.17, 15) is 22.8 Å². The van der Waals surface area contributed by atoms with Crippen molar-refractivity contribution in [1.82, 2.24) is 10.2 Å². The lowest BCUT2D eigenvalue weighted by Crippen LogP contribution is -2.41. The molecule has 176 valence electrons. The van der Waals surface area contributed by atoms with Crippen molar-refractivity contribution in [3.63, 3.8) is 0 Å². The summed E-state index contributed by atoms with van der Waals surface area (Å²) in [5.74, 6) is -1.73. The molecule has 4 rings (SSSR count). The largest absolute Gasteiger partial charge is 0.416 e. The highest BCUT2D eigenvalue weighted by Crippen LogP contribution is 2.32. The van der Waals surface area contributed by atoms with Crippen molar-refractivity contribution in [2.75, 3.05) is 43.4 Å². The Hall–Kier alpha value is -3.07. The minimum Gasteiger partial charge on any atom is -0.374 e. The van der Waals surface area contributed by atoms with Gasteiger partial charge < -0.3 is 15.5 Å². The molecule has 9 heteroatoms. The minimum atomic E-state index is -4.46. The van der Waals surface area contributed by atoms with Gasteiger partial charge >= 0.3 is 18.0 Å². The molecule has 0 radical (unpaired) electrons. The third-order valence-electron chi connectivity index (χ3n) is 6.33. The molecule has 2 N–H and O–H groups in total. The van der Waals surface area contributed by atoms with E-state index in [0.29, 0.717) is 0 Å². The van der Waals surface area contributed by atoms with Crippen LogP contribution >= 0.6 is 0 Å². The number of benzene rings is 2. The lowest BCUT2D eigenvalue weighted by Gasteiger charge is -2.28. The number of hydrogen-bond donors (Lipinski definition) is 2. The van der Waals surface area contributed by atoms with Gasteiger partial charge in [0.2, 0.25) is 0 Å². The highest BCUT2D eigenvalue weighted by atomic mass is 19.4. The number of likely N-dealkylation sites (N-methyl/N-ethyl adjacent to an activating group) is 1. The van der Waals surface area contributed by atoms with Gasteiger partial charge in [0.15, 0.2) is 0 Å². The molecular weight excluding hydrogens is 433 g/mol. The van der Waals surface area contributed by atoms with E-state index in [-0.39, 0.29) is 18.3 Å². The number of halogens is 3. The summed E-state index contributed by atoms with van der Waals surface area (Å²) in [5, 5.41) is 5.06. The molecule has 0 aromatic heterocycles. The molecule has 2 aromatic rings. The Bertz CT molecular complexity index is 1020. The van der Waals surface area contributed by atoms with Gasteiger partial charge in [0, 0.05) is 31.5 Å². The highest BCUT2D eigenvalue weighted by molar-refractivity contribution is 6.39. The van der Waals surface area contributed by atoms with E-state index >= 15 is 0 Å². The number of hydrogen-bond acceptors (Lipinski definition) is 4. The standard InChI is InChI=1S/C24H27F3N4O2/c1-30-13-10-17-14-16(4-9-20(17)30)21(31-11-2-3-12-31)15-28-22(32)23(33)29-19-7-5-18(6-8-19)24(25,26)27/h4-9,14,21H,2-3,10-13,15H2,1H3,(H,28,32)(H,29,33). The number of likely N-dealkylation sites (tertiary alicyclic amines) is 1. The second-order valence-corrected chi connectivity index (χ2v) is 8.56. The van der Waals surface area contributed by atoms with Crippen molar-refractivity contribution >= 4 is 23.2 Å².